The average molecular weight is 354 g/mol. The molecule has 0 aliphatic carbocycles. The molecule has 1 N–H and O–H groups in total. The number of ether oxygens (including phenoxy) is 1. The lowest BCUT2D eigenvalue weighted by Gasteiger charge is -2.20. The van der Waals surface area contributed by atoms with Crippen LogP contribution >= 0.6 is 0 Å². The highest BCUT2D eigenvalue weighted by Crippen LogP contribution is 2.31. The van der Waals surface area contributed by atoms with Gasteiger partial charge in [-0.05, 0) is 30.4 Å². The molecule has 0 fully saturated rings. The Bertz CT molecular complexity index is 924. The van der Waals surface area contributed by atoms with Crippen LogP contribution in [0.25, 0.3) is 11.0 Å². The standard InChI is InChI=1S/C20H26N4O2/c1-12(14-7-9-15(10-8-14)20(3,4)5)24-18-17(16(11-25)23-24)19(26-6)22-13(2)21-18/h7-10,12,25H,11H2,1-6H3. The second-order valence-electron chi connectivity index (χ2n) is 7.58. The first-order valence-corrected chi connectivity index (χ1v) is 8.77. The zero-order valence-corrected chi connectivity index (χ0v) is 16.2. The van der Waals surface area contributed by atoms with E-state index in [-0.39, 0.29) is 18.1 Å². The van der Waals surface area contributed by atoms with Gasteiger partial charge in [0.2, 0.25) is 5.88 Å². The van der Waals surface area contributed by atoms with Gasteiger partial charge in [-0.15, -0.1) is 0 Å². The molecule has 0 aliphatic heterocycles. The van der Waals surface area contributed by atoms with E-state index < -0.39 is 0 Å². The molecule has 0 radical (unpaired) electrons. The van der Waals surface area contributed by atoms with Gasteiger partial charge in [-0.25, -0.2) is 9.67 Å². The summed E-state index contributed by atoms with van der Waals surface area (Å²) in [6.07, 6.45) is 0. The van der Waals surface area contributed by atoms with Gasteiger partial charge in [0.05, 0.1) is 19.8 Å². The molecule has 0 saturated carbocycles. The second kappa shape index (κ2) is 6.68. The van der Waals surface area contributed by atoms with Crippen LogP contribution in [0.5, 0.6) is 5.88 Å². The van der Waals surface area contributed by atoms with Crippen LogP contribution in [0.2, 0.25) is 0 Å². The van der Waals surface area contributed by atoms with E-state index in [1.165, 1.54) is 5.56 Å². The maximum absolute atomic E-state index is 9.73. The molecule has 3 rings (SSSR count). The molecule has 6 nitrogen and oxygen atoms in total. The van der Waals surface area contributed by atoms with E-state index in [1.807, 2.05) is 11.6 Å². The summed E-state index contributed by atoms with van der Waals surface area (Å²) in [5, 5.41) is 15.0. The molecule has 2 heterocycles. The van der Waals surface area contributed by atoms with Gasteiger partial charge in [0.25, 0.3) is 0 Å². The van der Waals surface area contributed by atoms with Gasteiger partial charge in [-0.3, -0.25) is 0 Å². The first-order valence-electron chi connectivity index (χ1n) is 8.77. The predicted octanol–water partition coefficient (Wildman–Crippen LogP) is 3.54. The van der Waals surface area contributed by atoms with Crippen molar-refractivity contribution < 1.29 is 9.84 Å². The summed E-state index contributed by atoms with van der Waals surface area (Å²) in [4.78, 5) is 8.87. The number of aryl methyl sites for hydroxylation is 1. The van der Waals surface area contributed by atoms with E-state index >= 15 is 0 Å². The van der Waals surface area contributed by atoms with Crippen molar-refractivity contribution in [2.45, 2.75) is 52.7 Å². The molecule has 6 heteroatoms. The highest BCUT2D eigenvalue weighted by atomic mass is 16.5. The van der Waals surface area contributed by atoms with E-state index in [4.69, 9.17) is 4.74 Å². The Kier molecular flexibility index (Phi) is 4.71. The smallest absolute Gasteiger partial charge is 0.228 e. The summed E-state index contributed by atoms with van der Waals surface area (Å²) < 4.78 is 7.22. The molecule has 138 valence electrons. The molecule has 0 aliphatic rings. The Labute approximate surface area is 153 Å². The number of hydrogen-bond donors (Lipinski definition) is 1. The summed E-state index contributed by atoms with van der Waals surface area (Å²) in [6, 6.07) is 8.54. The van der Waals surface area contributed by atoms with Gasteiger partial charge in [0.1, 0.15) is 16.9 Å². The van der Waals surface area contributed by atoms with Gasteiger partial charge in [-0.1, -0.05) is 45.0 Å². The lowest BCUT2D eigenvalue weighted by Crippen LogP contribution is -2.13. The van der Waals surface area contributed by atoms with Crippen LogP contribution < -0.4 is 4.74 Å². The van der Waals surface area contributed by atoms with E-state index in [2.05, 4.69) is 67.0 Å². The number of hydrogen-bond acceptors (Lipinski definition) is 5. The Morgan fingerprint density at radius 3 is 2.35 bits per heavy atom. The molecule has 3 aromatic rings. The third kappa shape index (κ3) is 3.17. The normalized spacial score (nSPS) is 13.2. The van der Waals surface area contributed by atoms with Crippen molar-refractivity contribution in [3.63, 3.8) is 0 Å². The van der Waals surface area contributed by atoms with Crippen molar-refractivity contribution in [2.24, 2.45) is 0 Å². The number of aromatic nitrogens is 4. The van der Waals surface area contributed by atoms with Crippen molar-refractivity contribution in [2.75, 3.05) is 7.11 Å². The largest absolute Gasteiger partial charge is 0.480 e. The summed E-state index contributed by atoms with van der Waals surface area (Å²) >= 11 is 0. The number of aliphatic hydroxyl groups excluding tert-OH is 1. The number of rotatable bonds is 4. The second-order valence-corrected chi connectivity index (χ2v) is 7.58. The minimum absolute atomic E-state index is 0.0363. The monoisotopic (exact) mass is 354 g/mol. The number of nitrogens with zero attached hydrogens (tertiary/aromatic N) is 4. The molecule has 26 heavy (non-hydrogen) atoms. The first-order chi connectivity index (χ1) is 12.3. The van der Waals surface area contributed by atoms with Crippen LogP contribution in [-0.2, 0) is 12.0 Å². The Balaban J connectivity index is 2.11. The fourth-order valence-corrected chi connectivity index (χ4v) is 3.11. The van der Waals surface area contributed by atoms with Crippen LogP contribution in [0.3, 0.4) is 0 Å². The molecule has 1 atom stereocenters. The maximum atomic E-state index is 9.73. The van der Waals surface area contributed by atoms with Crippen molar-refractivity contribution in [3.05, 3.63) is 46.9 Å². The van der Waals surface area contributed by atoms with Crippen LogP contribution in [0.1, 0.15) is 56.4 Å². The van der Waals surface area contributed by atoms with E-state index in [1.54, 1.807) is 7.11 Å². The number of methoxy groups -OCH3 is 1. The molecule has 2 aromatic heterocycles. The number of benzene rings is 1. The first kappa shape index (κ1) is 18.3. The predicted molar refractivity (Wildman–Crippen MR) is 101 cm³/mol. The zero-order valence-electron chi connectivity index (χ0n) is 16.2. The van der Waals surface area contributed by atoms with Crippen LogP contribution in [-0.4, -0.2) is 32.0 Å². The van der Waals surface area contributed by atoms with Gasteiger partial charge in [0.15, 0.2) is 5.65 Å². The van der Waals surface area contributed by atoms with E-state index in [0.29, 0.717) is 28.4 Å². The maximum Gasteiger partial charge on any atom is 0.228 e. The van der Waals surface area contributed by atoms with Gasteiger partial charge < -0.3 is 9.84 Å². The quantitative estimate of drug-likeness (QED) is 0.776. The molecule has 0 bridgehead atoms. The third-order valence-electron chi connectivity index (χ3n) is 4.67. The zero-order chi connectivity index (χ0) is 19.1. The SMILES string of the molecule is COc1nc(C)nc2c1c(CO)nn2C(C)c1ccc(C(C)(C)C)cc1. The lowest BCUT2D eigenvalue weighted by molar-refractivity contribution is 0.275. The van der Waals surface area contributed by atoms with Gasteiger partial charge in [-0.2, -0.15) is 10.1 Å². The van der Waals surface area contributed by atoms with Gasteiger partial charge in [0, 0.05) is 0 Å². The third-order valence-corrected chi connectivity index (χ3v) is 4.67. The highest BCUT2D eigenvalue weighted by molar-refractivity contribution is 5.84. The minimum Gasteiger partial charge on any atom is -0.480 e. The highest BCUT2D eigenvalue weighted by Gasteiger charge is 2.22. The summed E-state index contributed by atoms with van der Waals surface area (Å²) in [6.45, 7) is 10.3. The van der Waals surface area contributed by atoms with Crippen LogP contribution in [0, 0.1) is 6.92 Å². The van der Waals surface area contributed by atoms with Crippen molar-refractivity contribution in [1.82, 2.24) is 19.7 Å². The molecular formula is C20H26N4O2. The van der Waals surface area contributed by atoms with Gasteiger partial charge >= 0.3 is 0 Å². The van der Waals surface area contributed by atoms with E-state index in [9.17, 15) is 5.11 Å². The minimum atomic E-state index is -0.192. The molecule has 1 unspecified atom stereocenters. The number of fused-ring (bicyclic) bond motifs is 1. The summed E-state index contributed by atoms with van der Waals surface area (Å²) in [5.41, 5.74) is 3.72. The van der Waals surface area contributed by atoms with Crippen LogP contribution in [0.15, 0.2) is 24.3 Å². The molecule has 0 spiro atoms. The topological polar surface area (TPSA) is 73.1 Å². The Morgan fingerprint density at radius 2 is 1.81 bits per heavy atom. The fourth-order valence-electron chi connectivity index (χ4n) is 3.11. The number of aliphatic hydroxyl groups is 1. The Hall–Kier alpha value is -2.47. The Morgan fingerprint density at radius 1 is 1.15 bits per heavy atom. The summed E-state index contributed by atoms with van der Waals surface area (Å²) in [5.74, 6) is 1.05. The molecule has 0 saturated heterocycles. The van der Waals surface area contributed by atoms with Crippen molar-refractivity contribution in [1.29, 1.82) is 0 Å². The summed E-state index contributed by atoms with van der Waals surface area (Å²) in [7, 11) is 1.56. The molecule has 1 aromatic carbocycles. The van der Waals surface area contributed by atoms with Crippen molar-refractivity contribution >= 4 is 11.0 Å². The lowest BCUT2D eigenvalue weighted by atomic mass is 9.86. The molecule has 0 amide bonds. The van der Waals surface area contributed by atoms with E-state index in [0.717, 1.165) is 5.56 Å². The van der Waals surface area contributed by atoms with Crippen LogP contribution in [0.4, 0.5) is 0 Å². The average Bonchev–Trinajstić information content (AvgIpc) is 2.98. The fraction of sp³-hybridized carbons (Fsp3) is 0.450. The molecular weight excluding hydrogens is 328 g/mol. The van der Waals surface area contributed by atoms with Crippen molar-refractivity contribution in [3.8, 4) is 5.88 Å².